The van der Waals surface area contributed by atoms with Gasteiger partial charge in [0.2, 0.25) is 11.1 Å². The van der Waals surface area contributed by atoms with Gasteiger partial charge in [0.05, 0.1) is 19.9 Å². The number of para-hydroxylation sites is 4. The van der Waals surface area contributed by atoms with E-state index in [0.29, 0.717) is 33.8 Å². The summed E-state index contributed by atoms with van der Waals surface area (Å²) in [4.78, 5) is 11.1. The molecule has 0 atom stereocenters. The maximum Gasteiger partial charge on any atom is 0.217 e. The SMILES string of the molecule is COc1ccccc1N=C(N)N(c1nc(-c2ccccc2)ns1)c1ccccc1OC. The molecular weight excluding hydrogens is 410 g/mol. The number of guanidine groups is 1. The van der Waals surface area contributed by atoms with Crippen molar-refractivity contribution in [1.82, 2.24) is 9.36 Å². The van der Waals surface area contributed by atoms with Gasteiger partial charge in [-0.25, -0.2) is 4.99 Å². The van der Waals surface area contributed by atoms with Gasteiger partial charge in [0.25, 0.3) is 0 Å². The van der Waals surface area contributed by atoms with Gasteiger partial charge < -0.3 is 15.2 Å². The molecule has 3 aromatic carbocycles. The number of hydrogen-bond acceptors (Lipinski definition) is 6. The number of nitrogens with zero attached hydrogens (tertiary/aromatic N) is 4. The highest BCUT2D eigenvalue weighted by atomic mass is 32.1. The maximum atomic E-state index is 6.51. The van der Waals surface area contributed by atoms with Crippen molar-refractivity contribution in [3.63, 3.8) is 0 Å². The third-order valence-electron chi connectivity index (χ3n) is 4.51. The second-order valence-corrected chi connectivity index (χ2v) is 7.15. The molecule has 2 N–H and O–H groups in total. The lowest BCUT2D eigenvalue weighted by Gasteiger charge is -2.22. The summed E-state index contributed by atoms with van der Waals surface area (Å²) in [6, 6.07) is 24.8. The zero-order valence-electron chi connectivity index (χ0n) is 17.1. The minimum atomic E-state index is 0.213. The molecule has 0 saturated heterocycles. The highest BCUT2D eigenvalue weighted by Gasteiger charge is 2.22. The number of aromatic nitrogens is 2. The Balaban J connectivity index is 1.83. The van der Waals surface area contributed by atoms with Crippen molar-refractivity contribution in [2.45, 2.75) is 0 Å². The van der Waals surface area contributed by atoms with Gasteiger partial charge in [-0.1, -0.05) is 54.6 Å². The van der Waals surface area contributed by atoms with E-state index < -0.39 is 0 Å². The number of nitrogens with two attached hydrogens (primary N) is 1. The fourth-order valence-corrected chi connectivity index (χ4v) is 3.76. The van der Waals surface area contributed by atoms with Crippen LogP contribution in [-0.4, -0.2) is 29.5 Å². The number of hydrogen-bond donors (Lipinski definition) is 1. The van der Waals surface area contributed by atoms with Crippen LogP contribution in [-0.2, 0) is 0 Å². The molecule has 0 radical (unpaired) electrons. The molecule has 0 bridgehead atoms. The van der Waals surface area contributed by atoms with E-state index in [4.69, 9.17) is 20.2 Å². The smallest absolute Gasteiger partial charge is 0.217 e. The second kappa shape index (κ2) is 9.27. The molecule has 0 aliphatic rings. The molecule has 0 unspecified atom stereocenters. The lowest BCUT2D eigenvalue weighted by Crippen LogP contribution is -2.33. The Hall–Kier alpha value is -3.91. The predicted octanol–water partition coefficient (Wildman–Crippen LogP) is 5.01. The fraction of sp³-hybridized carbons (Fsp3) is 0.0870. The first-order valence-corrected chi connectivity index (χ1v) is 10.3. The minimum Gasteiger partial charge on any atom is -0.495 e. The lowest BCUT2D eigenvalue weighted by atomic mass is 10.2. The number of ether oxygens (including phenoxy) is 2. The normalized spacial score (nSPS) is 11.2. The second-order valence-electron chi connectivity index (χ2n) is 6.42. The third-order valence-corrected chi connectivity index (χ3v) is 5.22. The number of rotatable bonds is 6. The minimum absolute atomic E-state index is 0.213. The van der Waals surface area contributed by atoms with Crippen molar-refractivity contribution in [2.75, 3.05) is 19.1 Å². The van der Waals surface area contributed by atoms with Crippen LogP contribution in [0.1, 0.15) is 0 Å². The quantitative estimate of drug-likeness (QED) is 0.341. The van der Waals surface area contributed by atoms with E-state index in [1.807, 2.05) is 78.9 Å². The maximum absolute atomic E-state index is 6.51. The van der Waals surface area contributed by atoms with E-state index in [0.717, 1.165) is 5.56 Å². The van der Waals surface area contributed by atoms with Crippen LogP contribution in [0.15, 0.2) is 83.9 Å². The average Bonchev–Trinajstić information content (AvgIpc) is 3.30. The van der Waals surface area contributed by atoms with Crippen molar-refractivity contribution in [3.8, 4) is 22.9 Å². The highest BCUT2D eigenvalue weighted by molar-refractivity contribution is 7.10. The van der Waals surface area contributed by atoms with Gasteiger partial charge in [-0.3, -0.25) is 4.90 Å². The van der Waals surface area contributed by atoms with Crippen molar-refractivity contribution >= 4 is 34.0 Å². The Morgan fingerprint density at radius 3 is 2.26 bits per heavy atom. The van der Waals surface area contributed by atoms with Gasteiger partial charge in [0.15, 0.2) is 5.82 Å². The van der Waals surface area contributed by atoms with E-state index >= 15 is 0 Å². The zero-order chi connectivity index (χ0) is 21.6. The summed E-state index contributed by atoms with van der Waals surface area (Å²) in [5.41, 5.74) is 8.75. The van der Waals surface area contributed by atoms with Crippen molar-refractivity contribution < 1.29 is 9.47 Å². The van der Waals surface area contributed by atoms with Gasteiger partial charge in [-0.15, -0.1) is 0 Å². The molecule has 156 valence electrons. The Bertz CT molecular complexity index is 1190. The van der Waals surface area contributed by atoms with Crippen molar-refractivity contribution in [1.29, 1.82) is 0 Å². The molecule has 0 spiro atoms. The van der Waals surface area contributed by atoms with E-state index in [2.05, 4.69) is 9.37 Å². The van der Waals surface area contributed by atoms with Crippen LogP contribution in [0.5, 0.6) is 11.5 Å². The van der Waals surface area contributed by atoms with E-state index in [1.54, 1.807) is 19.1 Å². The van der Waals surface area contributed by atoms with E-state index in [-0.39, 0.29) is 5.96 Å². The number of aliphatic imine (C=N–C) groups is 1. The molecule has 0 fully saturated rings. The van der Waals surface area contributed by atoms with Gasteiger partial charge in [-0.05, 0) is 24.3 Å². The van der Waals surface area contributed by atoms with Gasteiger partial charge >= 0.3 is 0 Å². The molecule has 0 amide bonds. The summed E-state index contributed by atoms with van der Waals surface area (Å²) in [5.74, 6) is 2.08. The predicted molar refractivity (Wildman–Crippen MR) is 125 cm³/mol. The Morgan fingerprint density at radius 2 is 1.52 bits per heavy atom. The summed E-state index contributed by atoms with van der Waals surface area (Å²) < 4.78 is 15.5. The van der Waals surface area contributed by atoms with Gasteiger partial charge in [-0.2, -0.15) is 9.36 Å². The average molecular weight is 432 g/mol. The monoisotopic (exact) mass is 431 g/mol. The molecule has 4 rings (SSSR count). The van der Waals surface area contributed by atoms with Crippen LogP contribution >= 0.6 is 11.5 Å². The molecule has 4 aromatic rings. The number of anilines is 2. The molecule has 1 aromatic heterocycles. The van der Waals surface area contributed by atoms with Crippen LogP contribution in [0.4, 0.5) is 16.5 Å². The highest BCUT2D eigenvalue weighted by Crippen LogP contribution is 2.36. The molecule has 0 aliphatic carbocycles. The lowest BCUT2D eigenvalue weighted by molar-refractivity contribution is 0.416. The van der Waals surface area contributed by atoms with Crippen LogP contribution in [0, 0.1) is 0 Å². The molecular formula is C23H21N5O2S. The Morgan fingerprint density at radius 1 is 0.871 bits per heavy atom. The summed E-state index contributed by atoms with van der Waals surface area (Å²) >= 11 is 1.23. The van der Waals surface area contributed by atoms with Crippen LogP contribution in [0.25, 0.3) is 11.4 Å². The largest absolute Gasteiger partial charge is 0.495 e. The molecule has 8 heteroatoms. The Kier molecular flexibility index (Phi) is 6.09. The van der Waals surface area contributed by atoms with Crippen molar-refractivity contribution in [3.05, 3.63) is 78.9 Å². The summed E-state index contributed by atoms with van der Waals surface area (Å²) in [7, 11) is 3.21. The third kappa shape index (κ3) is 4.34. The first-order valence-electron chi connectivity index (χ1n) is 9.50. The standard InChI is InChI=1S/C23H21N5O2S/c1-29-19-14-8-6-12-17(19)25-22(24)28(18-13-7-9-15-20(18)30-2)23-26-21(27-31-23)16-10-4-3-5-11-16/h3-15H,1-2H3,(H2,24,25). The van der Waals surface area contributed by atoms with Crippen LogP contribution < -0.4 is 20.1 Å². The fourth-order valence-electron chi connectivity index (χ4n) is 3.05. The van der Waals surface area contributed by atoms with Crippen LogP contribution in [0.3, 0.4) is 0 Å². The molecule has 7 nitrogen and oxygen atoms in total. The number of methoxy groups -OCH3 is 2. The zero-order valence-corrected chi connectivity index (χ0v) is 17.9. The summed E-state index contributed by atoms with van der Waals surface area (Å²) in [6.45, 7) is 0. The Labute approximate surface area is 184 Å². The van der Waals surface area contributed by atoms with E-state index in [9.17, 15) is 0 Å². The van der Waals surface area contributed by atoms with Crippen molar-refractivity contribution in [2.24, 2.45) is 10.7 Å². The topological polar surface area (TPSA) is 85.9 Å². The van der Waals surface area contributed by atoms with Gasteiger partial charge in [0.1, 0.15) is 17.2 Å². The summed E-state index contributed by atoms with van der Waals surface area (Å²) in [6.07, 6.45) is 0. The molecule has 0 saturated carbocycles. The van der Waals surface area contributed by atoms with Gasteiger partial charge in [0, 0.05) is 17.1 Å². The molecule has 31 heavy (non-hydrogen) atoms. The number of benzene rings is 3. The van der Waals surface area contributed by atoms with E-state index in [1.165, 1.54) is 11.5 Å². The summed E-state index contributed by atoms with van der Waals surface area (Å²) in [5, 5.41) is 0.569. The molecule has 0 aliphatic heterocycles. The van der Waals surface area contributed by atoms with Crippen LogP contribution in [0.2, 0.25) is 0 Å². The molecule has 1 heterocycles. The first kappa shape index (κ1) is 20.4. The first-order chi connectivity index (χ1) is 15.2.